The van der Waals surface area contributed by atoms with E-state index in [1.165, 1.54) is 12.8 Å². The van der Waals surface area contributed by atoms with Gasteiger partial charge >= 0.3 is 0 Å². The fourth-order valence-electron chi connectivity index (χ4n) is 3.62. The van der Waals surface area contributed by atoms with Crippen LogP contribution in [0.1, 0.15) is 51.9 Å². The van der Waals surface area contributed by atoms with Gasteiger partial charge in [0.25, 0.3) is 0 Å². The van der Waals surface area contributed by atoms with Crippen LogP contribution in [0.5, 0.6) is 0 Å². The number of hydrogen-bond donors (Lipinski definition) is 1. The average Bonchev–Trinajstić information content (AvgIpc) is 2.59. The lowest BCUT2D eigenvalue weighted by atomic mass is 10.1. The third-order valence-corrected chi connectivity index (χ3v) is 4.50. The second kappa shape index (κ2) is 7.36. The van der Waals surface area contributed by atoms with Gasteiger partial charge in [-0.15, -0.1) is 0 Å². The molecule has 1 heterocycles. The Morgan fingerprint density at radius 2 is 1.81 bits per heavy atom. The van der Waals surface area contributed by atoms with E-state index < -0.39 is 0 Å². The molecule has 5 heteroatoms. The molecule has 1 saturated heterocycles. The van der Waals surface area contributed by atoms with Crippen LogP contribution in [-0.2, 0) is 9.59 Å². The highest BCUT2D eigenvalue weighted by Gasteiger charge is 2.42. The van der Waals surface area contributed by atoms with Crippen molar-refractivity contribution in [2.45, 2.75) is 70.0 Å². The zero-order valence-electron chi connectivity index (χ0n) is 13.6. The minimum atomic E-state index is -0.323. The molecular weight excluding hydrogens is 266 g/mol. The van der Waals surface area contributed by atoms with Gasteiger partial charge in [-0.25, -0.2) is 0 Å². The molecule has 1 aliphatic carbocycles. The van der Waals surface area contributed by atoms with Gasteiger partial charge in [0.1, 0.15) is 0 Å². The molecule has 21 heavy (non-hydrogen) atoms. The Morgan fingerprint density at radius 1 is 1.19 bits per heavy atom. The van der Waals surface area contributed by atoms with Gasteiger partial charge in [-0.2, -0.15) is 0 Å². The van der Waals surface area contributed by atoms with E-state index in [0.717, 1.165) is 32.2 Å². The third kappa shape index (κ3) is 4.27. The molecular formula is C16H29N3O2. The summed E-state index contributed by atoms with van der Waals surface area (Å²) in [6, 6.07) is 0.0231. The first kappa shape index (κ1) is 16.4. The number of nitrogens with one attached hydrogen (secondary N) is 1. The molecule has 2 atom stereocenters. The second-order valence-corrected chi connectivity index (χ2v) is 6.83. The van der Waals surface area contributed by atoms with Crippen LogP contribution >= 0.6 is 0 Å². The minimum absolute atomic E-state index is 0.00231. The van der Waals surface area contributed by atoms with Crippen LogP contribution in [0.15, 0.2) is 0 Å². The molecule has 2 unspecified atom stereocenters. The number of nitrogens with zero attached hydrogens (tertiary/aromatic N) is 2. The maximum Gasteiger partial charge on any atom is 0.247 e. The highest BCUT2D eigenvalue weighted by Crippen LogP contribution is 2.26. The van der Waals surface area contributed by atoms with Crippen molar-refractivity contribution in [1.29, 1.82) is 0 Å². The highest BCUT2D eigenvalue weighted by atomic mass is 16.2. The van der Waals surface area contributed by atoms with E-state index >= 15 is 0 Å². The number of carbonyl (C=O) groups is 2. The third-order valence-electron chi connectivity index (χ3n) is 4.50. The zero-order valence-corrected chi connectivity index (χ0v) is 13.6. The van der Waals surface area contributed by atoms with Crippen LogP contribution in [0, 0.1) is 0 Å². The van der Waals surface area contributed by atoms with E-state index in [1.54, 1.807) is 4.90 Å². The van der Waals surface area contributed by atoms with Crippen molar-refractivity contribution >= 4 is 11.8 Å². The van der Waals surface area contributed by atoms with E-state index in [9.17, 15) is 9.59 Å². The SMILES string of the molecule is CC(CN(C)C)NC1CC(=O)N(C2CCCCCC2)C1=O. The number of likely N-dealkylation sites (N-methyl/N-ethyl adjacent to an activating group) is 1. The first-order valence-electron chi connectivity index (χ1n) is 8.25. The smallest absolute Gasteiger partial charge is 0.247 e. The maximum absolute atomic E-state index is 12.6. The fourth-order valence-corrected chi connectivity index (χ4v) is 3.62. The zero-order chi connectivity index (χ0) is 15.4. The Bertz CT molecular complexity index is 376. The lowest BCUT2D eigenvalue weighted by molar-refractivity contribution is -0.141. The quantitative estimate of drug-likeness (QED) is 0.615. The summed E-state index contributed by atoms with van der Waals surface area (Å²) in [6.45, 7) is 2.92. The van der Waals surface area contributed by atoms with E-state index in [-0.39, 0.29) is 29.9 Å². The predicted octanol–water partition coefficient (Wildman–Crippen LogP) is 1.38. The summed E-state index contributed by atoms with van der Waals surface area (Å²) in [5.41, 5.74) is 0. The first-order chi connectivity index (χ1) is 9.99. The lowest BCUT2D eigenvalue weighted by Crippen LogP contribution is -2.48. The van der Waals surface area contributed by atoms with Gasteiger partial charge in [0.15, 0.2) is 0 Å². The normalized spacial score (nSPS) is 26.5. The number of carbonyl (C=O) groups excluding carboxylic acids is 2. The molecule has 0 spiro atoms. The summed E-state index contributed by atoms with van der Waals surface area (Å²) in [7, 11) is 4.02. The summed E-state index contributed by atoms with van der Waals surface area (Å²) in [4.78, 5) is 28.5. The van der Waals surface area contributed by atoms with Crippen LogP contribution < -0.4 is 5.32 Å². The van der Waals surface area contributed by atoms with Crippen molar-refractivity contribution in [2.75, 3.05) is 20.6 Å². The van der Waals surface area contributed by atoms with Crippen molar-refractivity contribution in [1.82, 2.24) is 15.1 Å². The Labute approximate surface area is 128 Å². The molecule has 120 valence electrons. The molecule has 0 bridgehead atoms. The number of hydrogen-bond acceptors (Lipinski definition) is 4. The Hall–Kier alpha value is -0.940. The van der Waals surface area contributed by atoms with Crippen LogP contribution in [0.25, 0.3) is 0 Å². The summed E-state index contributed by atoms with van der Waals surface area (Å²) in [5.74, 6) is 0.0129. The molecule has 5 nitrogen and oxygen atoms in total. The van der Waals surface area contributed by atoms with Gasteiger partial charge in [-0.1, -0.05) is 25.7 Å². The lowest BCUT2D eigenvalue weighted by Gasteiger charge is -2.26. The monoisotopic (exact) mass is 295 g/mol. The van der Waals surface area contributed by atoms with Gasteiger partial charge in [0.2, 0.25) is 11.8 Å². The summed E-state index contributed by atoms with van der Waals surface area (Å²) >= 11 is 0. The van der Waals surface area contributed by atoms with Crippen molar-refractivity contribution in [2.24, 2.45) is 0 Å². The Morgan fingerprint density at radius 3 is 2.38 bits per heavy atom. The Kier molecular flexibility index (Phi) is 5.76. The molecule has 0 aromatic heterocycles. The molecule has 2 aliphatic rings. The van der Waals surface area contributed by atoms with E-state index in [0.29, 0.717) is 6.42 Å². The molecule has 0 aromatic rings. The molecule has 2 rings (SSSR count). The van der Waals surface area contributed by atoms with E-state index in [4.69, 9.17) is 0 Å². The largest absolute Gasteiger partial charge is 0.308 e. The van der Waals surface area contributed by atoms with Crippen molar-refractivity contribution in [3.05, 3.63) is 0 Å². The van der Waals surface area contributed by atoms with Gasteiger partial charge in [0.05, 0.1) is 12.5 Å². The number of likely N-dealkylation sites (tertiary alicyclic amines) is 1. The van der Waals surface area contributed by atoms with E-state index in [1.807, 2.05) is 14.1 Å². The molecule has 2 amide bonds. The van der Waals surface area contributed by atoms with Crippen LogP contribution in [-0.4, -0.2) is 60.4 Å². The highest BCUT2D eigenvalue weighted by molar-refractivity contribution is 6.05. The predicted molar refractivity (Wildman–Crippen MR) is 82.9 cm³/mol. The molecule has 1 saturated carbocycles. The molecule has 2 fully saturated rings. The Balaban J connectivity index is 1.95. The van der Waals surface area contributed by atoms with E-state index in [2.05, 4.69) is 17.1 Å². The topological polar surface area (TPSA) is 52.7 Å². The number of imide groups is 1. The minimum Gasteiger partial charge on any atom is -0.308 e. The molecule has 1 N–H and O–H groups in total. The molecule has 1 aliphatic heterocycles. The summed E-state index contributed by atoms with van der Waals surface area (Å²) < 4.78 is 0. The molecule has 0 aromatic carbocycles. The van der Waals surface area contributed by atoms with Crippen LogP contribution in [0.3, 0.4) is 0 Å². The number of rotatable bonds is 5. The summed E-state index contributed by atoms with van der Waals surface area (Å²) in [6.07, 6.45) is 7.03. The van der Waals surface area contributed by atoms with Crippen LogP contribution in [0.4, 0.5) is 0 Å². The van der Waals surface area contributed by atoms with Gasteiger partial charge < -0.3 is 10.2 Å². The van der Waals surface area contributed by atoms with Gasteiger partial charge in [0, 0.05) is 18.6 Å². The van der Waals surface area contributed by atoms with Crippen molar-refractivity contribution in [3.8, 4) is 0 Å². The maximum atomic E-state index is 12.6. The summed E-state index contributed by atoms with van der Waals surface area (Å²) in [5, 5.41) is 3.32. The number of amides is 2. The molecule has 0 radical (unpaired) electrons. The fraction of sp³-hybridized carbons (Fsp3) is 0.875. The standard InChI is InChI=1S/C16H29N3O2/c1-12(11-18(2)3)17-14-10-15(20)19(16(14)21)13-8-6-4-5-7-9-13/h12-14,17H,4-11H2,1-3H3. The average molecular weight is 295 g/mol. The first-order valence-corrected chi connectivity index (χ1v) is 8.25. The van der Waals surface area contributed by atoms with Crippen LogP contribution in [0.2, 0.25) is 0 Å². The van der Waals surface area contributed by atoms with Gasteiger partial charge in [-0.3, -0.25) is 14.5 Å². The van der Waals surface area contributed by atoms with Gasteiger partial charge in [-0.05, 0) is 33.9 Å². The van der Waals surface area contributed by atoms with Crippen molar-refractivity contribution in [3.63, 3.8) is 0 Å². The van der Waals surface area contributed by atoms with Crippen molar-refractivity contribution < 1.29 is 9.59 Å². The second-order valence-electron chi connectivity index (χ2n) is 6.83.